The van der Waals surface area contributed by atoms with Crippen molar-refractivity contribution in [2.45, 2.75) is 11.2 Å². The van der Waals surface area contributed by atoms with Gasteiger partial charge in [-0.15, -0.1) is 0 Å². The van der Waals surface area contributed by atoms with Crippen molar-refractivity contribution in [2.75, 3.05) is 6.54 Å². The molecule has 5 nitrogen and oxygen atoms in total. The molecule has 1 N–H and O–H groups in total. The second kappa shape index (κ2) is 5.92. The molecule has 0 radical (unpaired) electrons. The van der Waals surface area contributed by atoms with E-state index in [1.54, 1.807) is 30.3 Å². The quantitative estimate of drug-likeness (QED) is 0.457. The third kappa shape index (κ3) is 3.37. The summed E-state index contributed by atoms with van der Waals surface area (Å²) in [7, 11) is -4.61. The van der Waals surface area contributed by atoms with Crippen molar-refractivity contribution in [1.82, 2.24) is 5.32 Å². The molecule has 1 amide bonds. The molecule has 1 fully saturated rings. The molecule has 0 aromatic heterocycles. The Labute approximate surface area is 142 Å². The van der Waals surface area contributed by atoms with Crippen LogP contribution in [0.2, 0.25) is 0 Å². The molecule has 7 heteroatoms. The van der Waals surface area contributed by atoms with Gasteiger partial charge in [0.05, 0.1) is 0 Å². The molecule has 2 unspecified atom stereocenters. The van der Waals surface area contributed by atoms with E-state index in [0.717, 1.165) is 0 Å². The van der Waals surface area contributed by atoms with E-state index in [1.165, 1.54) is 0 Å². The van der Waals surface area contributed by atoms with Gasteiger partial charge in [0.25, 0.3) is 0 Å². The summed E-state index contributed by atoms with van der Waals surface area (Å²) in [5, 5.41) is 0.902. The fourth-order valence-electron chi connectivity index (χ4n) is 1.93. The largest absolute Gasteiger partial charge is 1.00 e. The summed E-state index contributed by atoms with van der Waals surface area (Å²) >= 11 is 0. The van der Waals surface area contributed by atoms with Gasteiger partial charge in [0.2, 0.25) is 5.91 Å². The first-order valence-electron chi connectivity index (χ1n) is 4.77. The van der Waals surface area contributed by atoms with Crippen molar-refractivity contribution < 1.29 is 69.1 Å². The predicted molar refractivity (Wildman–Crippen MR) is 55.7 cm³/mol. The van der Waals surface area contributed by atoms with Gasteiger partial charge in [-0.2, -0.15) is 0 Å². The SMILES string of the molecule is O=C1NCC(c2ccccc2)C1S(=O)(=O)[O-].[K+]. The van der Waals surface area contributed by atoms with E-state index < -0.39 is 27.2 Å². The van der Waals surface area contributed by atoms with Gasteiger partial charge in [-0.3, -0.25) is 4.79 Å². The predicted octanol–water partition coefficient (Wildman–Crippen LogP) is -3.18. The van der Waals surface area contributed by atoms with E-state index >= 15 is 0 Å². The molecule has 0 bridgehead atoms. The van der Waals surface area contributed by atoms with Gasteiger partial charge in [0.1, 0.15) is 15.4 Å². The fourth-order valence-corrected chi connectivity index (χ4v) is 2.93. The zero-order valence-corrected chi connectivity index (χ0v) is 13.2. The van der Waals surface area contributed by atoms with Crippen LogP contribution < -0.4 is 56.7 Å². The van der Waals surface area contributed by atoms with Crippen LogP contribution in [0.1, 0.15) is 11.5 Å². The van der Waals surface area contributed by atoms with E-state index in [-0.39, 0.29) is 57.9 Å². The van der Waals surface area contributed by atoms with Gasteiger partial charge in [-0.25, -0.2) is 8.42 Å². The first-order valence-corrected chi connectivity index (χ1v) is 6.24. The van der Waals surface area contributed by atoms with Gasteiger partial charge < -0.3 is 9.87 Å². The van der Waals surface area contributed by atoms with Crippen LogP contribution in [0.25, 0.3) is 0 Å². The molecule has 0 spiro atoms. The van der Waals surface area contributed by atoms with Crippen molar-refractivity contribution in [3.63, 3.8) is 0 Å². The van der Waals surface area contributed by atoms with Crippen molar-refractivity contribution >= 4 is 16.0 Å². The molecule has 1 saturated heterocycles. The number of hydrogen-bond acceptors (Lipinski definition) is 4. The summed E-state index contributed by atoms with van der Waals surface area (Å²) in [6.45, 7) is 0.189. The maximum Gasteiger partial charge on any atom is 1.00 e. The smallest absolute Gasteiger partial charge is 0.747 e. The minimum absolute atomic E-state index is 0. The molecule has 0 aliphatic carbocycles. The molecule has 1 aliphatic heterocycles. The molecule has 1 aromatic carbocycles. The van der Waals surface area contributed by atoms with Crippen LogP contribution in [0.4, 0.5) is 0 Å². The molecule has 2 rings (SSSR count). The Kier molecular flexibility index (Phi) is 5.32. The van der Waals surface area contributed by atoms with Crippen LogP contribution in [-0.2, 0) is 14.9 Å². The van der Waals surface area contributed by atoms with Crippen LogP contribution >= 0.6 is 0 Å². The first kappa shape index (κ1) is 15.3. The number of nitrogens with one attached hydrogen (secondary N) is 1. The number of rotatable bonds is 2. The Morgan fingerprint density at radius 1 is 1.24 bits per heavy atom. The van der Waals surface area contributed by atoms with Crippen molar-refractivity contribution in [2.24, 2.45) is 0 Å². The molecule has 86 valence electrons. The average Bonchev–Trinajstić information content (AvgIpc) is 2.61. The molecular formula is C10H10KNO4S. The van der Waals surface area contributed by atoms with Crippen molar-refractivity contribution in [3.8, 4) is 0 Å². The Morgan fingerprint density at radius 3 is 2.35 bits per heavy atom. The minimum atomic E-state index is -4.61. The summed E-state index contributed by atoms with van der Waals surface area (Å²) in [6, 6.07) is 8.69. The van der Waals surface area contributed by atoms with Gasteiger partial charge in [-0.1, -0.05) is 30.3 Å². The van der Waals surface area contributed by atoms with Gasteiger partial charge in [0, 0.05) is 12.5 Å². The third-order valence-corrected chi connectivity index (χ3v) is 3.82. The number of carbonyl (C=O) groups is 1. The van der Waals surface area contributed by atoms with Crippen molar-refractivity contribution in [3.05, 3.63) is 35.9 Å². The monoisotopic (exact) mass is 279 g/mol. The third-order valence-electron chi connectivity index (χ3n) is 2.66. The molecule has 17 heavy (non-hydrogen) atoms. The number of hydrogen-bond donors (Lipinski definition) is 1. The topological polar surface area (TPSA) is 86.3 Å². The van der Waals surface area contributed by atoms with Crippen LogP contribution in [0.3, 0.4) is 0 Å². The zero-order chi connectivity index (χ0) is 11.8. The van der Waals surface area contributed by atoms with E-state index in [9.17, 15) is 17.8 Å². The molecule has 1 heterocycles. The normalized spacial score (nSPS) is 23.9. The maximum atomic E-state index is 11.3. The Morgan fingerprint density at radius 2 is 1.82 bits per heavy atom. The average molecular weight is 279 g/mol. The second-order valence-corrected chi connectivity index (χ2v) is 5.17. The number of benzene rings is 1. The first-order chi connectivity index (χ1) is 7.50. The minimum Gasteiger partial charge on any atom is -0.747 e. The second-order valence-electron chi connectivity index (χ2n) is 3.68. The zero-order valence-electron chi connectivity index (χ0n) is 9.29. The summed E-state index contributed by atoms with van der Waals surface area (Å²) < 4.78 is 33.0. The molecule has 2 atom stereocenters. The van der Waals surface area contributed by atoms with E-state index in [4.69, 9.17) is 0 Å². The summed E-state index contributed by atoms with van der Waals surface area (Å²) in [6.07, 6.45) is 0. The van der Waals surface area contributed by atoms with E-state index in [2.05, 4.69) is 5.32 Å². The van der Waals surface area contributed by atoms with Crippen LogP contribution in [0, 0.1) is 0 Å². The Bertz CT molecular complexity index is 502. The summed E-state index contributed by atoms with van der Waals surface area (Å²) in [5.74, 6) is -1.29. The maximum absolute atomic E-state index is 11.3. The number of amides is 1. The van der Waals surface area contributed by atoms with Crippen LogP contribution in [0.5, 0.6) is 0 Å². The molecule has 1 aromatic rings. The molecule has 1 aliphatic rings. The molecule has 0 saturated carbocycles. The van der Waals surface area contributed by atoms with Crippen LogP contribution in [0.15, 0.2) is 30.3 Å². The van der Waals surface area contributed by atoms with E-state index in [0.29, 0.717) is 5.56 Å². The van der Waals surface area contributed by atoms with Gasteiger partial charge >= 0.3 is 51.4 Å². The van der Waals surface area contributed by atoms with Gasteiger partial charge in [-0.05, 0) is 5.56 Å². The van der Waals surface area contributed by atoms with Gasteiger partial charge in [0.15, 0.2) is 0 Å². The standard InChI is InChI=1S/C10H11NO4S.K/c12-10-9(16(13,14)15)8(6-11-10)7-4-2-1-3-5-7;/h1-5,8-9H,6H2,(H,11,12)(H,13,14,15);/q;+1/p-1. The Hall–Kier alpha value is 0.236. The van der Waals surface area contributed by atoms with Crippen molar-refractivity contribution in [1.29, 1.82) is 0 Å². The number of carbonyl (C=O) groups excluding carboxylic acids is 1. The molecular weight excluding hydrogens is 269 g/mol. The Balaban J connectivity index is 0.00000144. The summed E-state index contributed by atoms with van der Waals surface area (Å²) in [4.78, 5) is 11.3. The fraction of sp³-hybridized carbons (Fsp3) is 0.300. The van der Waals surface area contributed by atoms with E-state index in [1.807, 2.05) is 0 Å². The summed E-state index contributed by atoms with van der Waals surface area (Å²) in [5.41, 5.74) is 0.685. The van der Waals surface area contributed by atoms with Crippen LogP contribution in [-0.4, -0.2) is 30.7 Å².